The maximum atomic E-state index is 12.4. The van der Waals surface area contributed by atoms with Gasteiger partial charge in [0.1, 0.15) is 0 Å². The van der Waals surface area contributed by atoms with Gasteiger partial charge < -0.3 is 10.5 Å². The molecule has 2 saturated carbocycles. The second-order valence-corrected chi connectivity index (χ2v) is 5.65. The highest BCUT2D eigenvalue weighted by molar-refractivity contribution is 5.96. The van der Waals surface area contributed by atoms with E-state index in [4.69, 9.17) is 5.21 Å². The molecule has 2 fully saturated rings. The fraction of sp³-hybridized carbons (Fsp3) is 0.846. The van der Waals surface area contributed by atoms with Crippen LogP contribution in [0.15, 0.2) is 5.16 Å². The molecular formula is C13H19F3N2O2. The molecule has 0 spiro atoms. The number of halogens is 3. The molecule has 4 nitrogen and oxygen atoms in total. The summed E-state index contributed by atoms with van der Waals surface area (Å²) in [6, 6.07) is -0.790. The molecule has 2 N–H and O–H groups in total. The number of hydrogen-bond donors (Lipinski definition) is 2. The average molecular weight is 292 g/mol. The SMILES string of the molecule is O=C(N[C@H](/C(=N/O)C1CC1)C1CCCCC1)C(F)(F)F. The van der Waals surface area contributed by atoms with Crippen molar-refractivity contribution < 1.29 is 23.2 Å². The molecule has 0 aromatic rings. The zero-order chi connectivity index (χ0) is 14.8. The standard InChI is InChI=1S/C13H19F3N2O2/c14-13(15,16)12(19)17-10(8-4-2-1-3-5-8)11(18-20)9-6-7-9/h8-10,20H,1-7H2,(H,17,19)/b18-11+/t10-/m0/s1. The second kappa shape index (κ2) is 6.01. The number of hydrogen-bond acceptors (Lipinski definition) is 3. The highest BCUT2D eigenvalue weighted by Crippen LogP contribution is 2.36. The smallest absolute Gasteiger partial charge is 0.411 e. The van der Waals surface area contributed by atoms with Crippen LogP contribution in [0, 0.1) is 11.8 Å². The molecule has 2 aliphatic rings. The Balaban J connectivity index is 2.12. The van der Waals surface area contributed by atoms with Crippen molar-refractivity contribution in [1.29, 1.82) is 0 Å². The van der Waals surface area contributed by atoms with Crippen LogP contribution in [-0.4, -0.2) is 29.0 Å². The van der Waals surface area contributed by atoms with Gasteiger partial charge in [-0.15, -0.1) is 0 Å². The highest BCUT2D eigenvalue weighted by atomic mass is 19.4. The van der Waals surface area contributed by atoms with Gasteiger partial charge in [0.15, 0.2) is 0 Å². The molecule has 0 unspecified atom stereocenters. The first-order valence-corrected chi connectivity index (χ1v) is 7.03. The average Bonchev–Trinajstić information content (AvgIpc) is 3.23. The lowest BCUT2D eigenvalue weighted by Crippen LogP contribution is -2.51. The molecule has 0 radical (unpaired) electrons. The summed E-state index contributed by atoms with van der Waals surface area (Å²) in [4.78, 5) is 11.2. The minimum absolute atomic E-state index is 0.0143. The molecule has 0 aliphatic heterocycles. The number of nitrogens with one attached hydrogen (secondary N) is 1. The van der Waals surface area contributed by atoms with E-state index >= 15 is 0 Å². The van der Waals surface area contributed by atoms with E-state index in [0.717, 1.165) is 44.9 Å². The molecule has 0 saturated heterocycles. The number of rotatable bonds is 4. The van der Waals surface area contributed by atoms with Crippen molar-refractivity contribution in [3.63, 3.8) is 0 Å². The van der Waals surface area contributed by atoms with Crippen LogP contribution in [0.2, 0.25) is 0 Å². The minimum atomic E-state index is -4.91. The van der Waals surface area contributed by atoms with Gasteiger partial charge in [0.2, 0.25) is 0 Å². The highest BCUT2D eigenvalue weighted by Gasteiger charge is 2.44. The second-order valence-electron chi connectivity index (χ2n) is 5.65. The third-order valence-corrected chi connectivity index (χ3v) is 4.10. The number of amides is 1. The minimum Gasteiger partial charge on any atom is -0.411 e. The van der Waals surface area contributed by atoms with E-state index in [9.17, 15) is 18.0 Å². The molecule has 2 aliphatic carbocycles. The van der Waals surface area contributed by atoms with E-state index in [1.54, 1.807) is 0 Å². The summed E-state index contributed by atoms with van der Waals surface area (Å²) in [7, 11) is 0. The topological polar surface area (TPSA) is 61.7 Å². The third-order valence-electron chi connectivity index (χ3n) is 4.10. The zero-order valence-electron chi connectivity index (χ0n) is 11.1. The monoisotopic (exact) mass is 292 g/mol. The van der Waals surface area contributed by atoms with Crippen LogP contribution in [0.25, 0.3) is 0 Å². The largest absolute Gasteiger partial charge is 0.471 e. The van der Waals surface area contributed by atoms with Crippen molar-refractivity contribution in [1.82, 2.24) is 5.32 Å². The van der Waals surface area contributed by atoms with Crippen LogP contribution in [0.1, 0.15) is 44.9 Å². The summed E-state index contributed by atoms with van der Waals surface area (Å²) in [6.07, 6.45) is 1.17. The summed E-state index contributed by atoms with van der Waals surface area (Å²) in [6.45, 7) is 0. The molecule has 114 valence electrons. The Hall–Kier alpha value is -1.27. The molecule has 0 bridgehead atoms. The molecule has 0 heterocycles. The number of carbonyl (C=O) groups excluding carboxylic acids is 1. The van der Waals surface area contributed by atoms with Crippen molar-refractivity contribution in [3.05, 3.63) is 0 Å². The molecular weight excluding hydrogens is 273 g/mol. The molecule has 1 amide bonds. The van der Waals surface area contributed by atoms with Crippen LogP contribution in [0.3, 0.4) is 0 Å². The fourth-order valence-corrected chi connectivity index (χ4v) is 2.90. The molecule has 0 aromatic heterocycles. The number of oxime groups is 1. The number of nitrogens with zero attached hydrogens (tertiary/aromatic N) is 1. The number of carbonyl (C=O) groups is 1. The molecule has 20 heavy (non-hydrogen) atoms. The Morgan fingerprint density at radius 2 is 1.75 bits per heavy atom. The van der Waals surface area contributed by atoms with E-state index in [2.05, 4.69) is 5.16 Å². The lowest BCUT2D eigenvalue weighted by Gasteiger charge is -2.31. The van der Waals surface area contributed by atoms with Gasteiger partial charge in [0, 0.05) is 5.92 Å². The first-order valence-electron chi connectivity index (χ1n) is 7.03. The first-order chi connectivity index (χ1) is 9.43. The third kappa shape index (κ3) is 3.64. The maximum absolute atomic E-state index is 12.4. The Kier molecular flexibility index (Phi) is 4.55. The Morgan fingerprint density at radius 1 is 1.15 bits per heavy atom. The predicted octanol–water partition coefficient (Wildman–Crippen LogP) is 2.85. The fourth-order valence-electron chi connectivity index (χ4n) is 2.90. The van der Waals surface area contributed by atoms with Crippen LogP contribution < -0.4 is 5.32 Å². The van der Waals surface area contributed by atoms with Gasteiger partial charge in [-0.3, -0.25) is 4.79 Å². The zero-order valence-corrected chi connectivity index (χ0v) is 11.1. The van der Waals surface area contributed by atoms with Crippen LogP contribution >= 0.6 is 0 Å². The van der Waals surface area contributed by atoms with Gasteiger partial charge in [-0.1, -0.05) is 24.4 Å². The van der Waals surface area contributed by atoms with Crippen molar-refractivity contribution in [2.75, 3.05) is 0 Å². The number of alkyl halides is 3. The van der Waals surface area contributed by atoms with E-state index in [1.165, 1.54) is 0 Å². The van der Waals surface area contributed by atoms with Gasteiger partial charge >= 0.3 is 12.1 Å². The summed E-state index contributed by atoms with van der Waals surface area (Å²) in [5.41, 5.74) is 0.314. The lowest BCUT2D eigenvalue weighted by molar-refractivity contribution is -0.174. The van der Waals surface area contributed by atoms with Crippen molar-refractivity contribution in [3.8, 4) is 0 Å². The van der Waals surface area contributed by atoms with E-state index in [0.29, 0.717) is 5.71 Å². The summed E-state index contributed by atoms with van der Waals surface area (Å²) < 4.78 is 37.3. The Labute approximate surface area is 115 Å². The van der Waals surface area contributed by atoms with Gasteiger partial charge in [-0.05, 0) is 31.6 Å². The van der Waals surface area contributed by atoms with Crippen LogP contribution in [-0.2, 0) is 4.79 Å². The molecule has 0 aromatic carbocycles. The molecule has 7 heteroatoms. The predicted molar refractivity (Wildman–Crippen MR) is 66.5 cm³/mol. The van der Waals surface area contributed by atoms with Gasteiger partial charge in [-0.25, -0.2) is 0 Å². The first kappa shape index (κ1) is 15.1. The van der Waals surface area contributed by atoms with Crippen molar-refractivity contribution >= 4 is 11.6 Å². The maximum Gasteiger partial charge on any atom is 0.471 e. The summed E-state index contributed by atoms with van der Waals surface area (Å²) >= 11 is 0. The molecule has 1 atom stereocenters. The Bertz CT molecular complexity index is 386. The van der Waals surface area contributed by atoms with E-state index < -0.39 is 18.1 Å². The lowest BCUT2D eigenvalue weighted by atomic mass is 9.81. The van der Waals surface area contributed by atoms with Crippen molar-refractivity contribution in [2.24, 2.45) is 17.0 Å². The summed E-state index contributed by atoms with van der Waals surface area (Å²) in [5.74, 6) is -2.00. The van der Waals surface area contributed by atoms with Crippen LogP contribution in [0.4, 0.5) is 13.2 Å². The van der Waals surface area contributed by atoms with Gasteiger partial charge in [0.25, 0.3) is 0 Å². The van der Waals surface area contributed by atoms with E-state index in [1.807, 2.05) is 5.32 Å². The normalized spacial score (nSPS) is 23.4. The van der Waals surface area contributed by atoms with Gasteiger partial charge in [0.05, 0.1) is 11.8 Å². The van der Waals surface area contributed by atoms with E-state index in [-0.39, 0.29) is 11.8 Å². The van der Waals surface area contributed by atoms with Gasteiger partial charge in [-0.2, -0.15) is 13.2 Å². The van der Waals surface area contributed by atoms with Crippen molar-refractivity contribution in [2.45, 2.75) is 57.2 Å². The Morgan fingerprint density at radius 3 is 2.20 bits per heavy atom. The summed E-state index contributed by atoms with van der Waals surface area (Å²) in [5, 5.41) is 14.3. The van der Waals surface area contributed by atoms with Crippen LogP contribution in [0.5, 0.6) is 0 Å². The quantitative estimate of drug-likeness (QED) is 0.475. The molecule has 2 rings (SSSR count).